The fourth-order valence-electron chi connectivity index (χ4n) is 1.24. The lowest BCUT2D eigenvalue weighted by molar-refractivity contribution is 0.756. The number of H-pyrrole nitrogens is 1. The summed E-state index contributed by atoms with van der Waals surface area (Å²) in [6, 6.07) is 8.17. The Morgan fingerprint density at radius 2 is 1.93 bits per heavy atom. The summed E-state index contributed by atoms with van der Waals surface area (Å²) in [5.74, 6) is 0.817. The van der Waals surface area contributed by atoms with Gasteiger partial charge in [0, 0.05) is 12.6 Å². The highest BCUT2D eigenvalue weighted by atomic mass is 32.1. The van der Waals surface area contributed by atoms with Gasteiger partial charge < -0.3 is 0 Å². The van der Waals surface area contributed by atoms with Gasteiger partial charge in [0.05, 0.1) is 0 Å². The number of benzene rings is 1. The second-order valence-electron chi connectivity index (χ2n) is 3.28. The summed E-state index contributed by atoms with van der Waals surface area (Å²) < 4.78 is 2.30. The molecule has 0 saturated carbocycles. The smallest absolute Gasteiger partial charge is 0.216 e. The molecular formula is C10H11N3S. The quantitative estimate of drug-likeness (QED) is 0.725. The Morgan fingerprint density at radius 1 is 1.29 bits per heavy atom. The molecule has 0 atom stereocenters. The maximum atomic E-state index is 5.02. The van der Waals surface area contributed by atoms with Crippen LogP contribution in [0.25, 0.3) is 11.4 Å². The maximum Gasteiger partial charge on any atom is 0.216 e. The molecule has 0 spiro atoms. The molecule has 0 aliphatic carbocycles. The van der Waals surface area contributed by atoms with Crippen LogP contribution in [-0.4, -0.2) is 14.8 Å². The summed E-state index contributed by atoms with van der Waals surface area (Å²) in [5, 5.41) is 3.08. The van der Waals surface area contributed by atoms with E-state index in [0.717, 1.165) is 11.4 Å². The van der Waals surface area contributed by atoms with Gasteiger partial charge in [0.1, 0.15) is 0 Å². The number of hydrogen-bond acceptors (Lipinski definition) is 2. The van der Waals surface area contributed by atoms with Crippen molar-refractivity contribution in [3.8, 4) is 11.4 Å². The third kappa shape index (κ3) is 1.61. The topological polar surface area (TPSA) is 33.6 Å². The van der Waals surface area contributed by atoms with Crippen molar-refractivity contribution in [2.45, 2.75) is 6.92 Å². The van der Waals surface area contributed by atoms with Crippen molar-refractivity contribution in [1.82, 2.24) is 14.8 Å². The first-order valence-electron chi connectivity index (χ1n) is 4.37. The van der Waals surface area contributed by atoms with Gasteiger partial charge in [0.2, 0.25) is 4.77 Å². The van der Waals surface area contributed by atoms with Crippen molar-refractivity contribution < 1.29 is 0 Å². The summed E-state index contributed by atoms with van der Waals surface area (Å²) in [4.78, 5) is 4.23. The average molecular weight is 205 g/mol. The van der Waals surface area contributed by atoms with Gasteiger partial charge in [-0.1, -0.05) is 29.8 Å². The van der Waals surface area contributed by atoms with E-state index in [-0.39, 0.29) is 0 Å². The van der Waals surface area contributed by atoms with Crippen LogP contribution in [0.15, 0.2) is 24.3 Å². The van der Waals surface area contributed by atoms with Gasteiger partial charge >= 0.3 is 0 Å². The Balaban J connectivity index is 2.49. The summed E-state index contributed by atoms with van der Waals surface area (Å²) >= 11 is 5.02. The van der Waals surface area contributed by atoms with Crippen LogP contribution >= 0.6 is 12.2 Å². The SMILES string of the molecule is Cc1ccc(-c2nc(=S)n(C)[nH]2)cc1. The van der Waals surface area contributed by atoms with Gasteiger partial charge in [0.25, 0.3) is 0 Å². The van der Waals surface area contributed by atoms with Crippen LogP contribution in [0, 0.1) is 11.7 Å². The Bertz CT molecular complexity index is 493. The van der Waals surface area contributed by atoms with Crippen LogP contribution in [0.5, 0.6) is 0 Å². The lowest BCUT2D eigenvalue weighted by Gasteiger charge is -1.96. The summed E-state index contributed by atoms with van der Waals surface area (Å²) in [6.07, 6.45) is 0. The Labute approximate surface area is 87.4 Å². The molecule has 3 nitrogen and oxygen atoms in total. The second kappa shape index (κ2) is 3.38. The van der Waals surface area contributed by atoms with Crippen LogP contribution in [0.1, 0.15) is 5.56 Å². The lowest BCUT2D eigenvalue weighted by atomic mass is 10.1. The van der Waals surface area contributed by atoms with Crippen molar-refractivity contribution in [3.05, 3.63) is 34.6 Å². The number of nitrogens with one attached hydrogen (secondary N) is 1. The van der Waals surface area contributed by atoms with Gasteiger partial charge in [-0.05, 0) is 19.1 Å². The largest absolute Gasteiger partial charge is 0.279 e. The molecule has 14 heavy (non-hydrogen) atoms. The molecule has 1 N–H and O–H groups in total. The minimum Gasteiger partial charge on any atom is -0.279 e. The zero-order valence-corrected chi connectivity index (χ0v) is 8.93. The molecule has 2 rings (SSSR count). The van der Waals surface area contributed by atoms with Gasteiger partial charge in [-0.2, -0.15) is 4.98 Å². The summed E-state index contributed by atoms with van der Waals surface area (Å²) in [7, 11) is 1.85. The highest BCUT2D eigenvalue weighted by Gasteiger charge is 2.01. The van der Waals surface area contributed by atoms with Crippen molar-refractivity contribution in [2.75, 3.05) is 0 Å². The summed E-state index contributed by atoms with van der Waals surface area (Å²) in [6.45, 7) is 2.06. The summed E-state index contributed by atoms with van der Waals surface area (Å²) in [5.41, 5.74) is 2.30. The Kier molecular flexibility index (Phi) is 2.21. The minimum atomic E-state index is 0.570. The molecule has 1 heterocycles. The highest BCUT2D eigenvalue weighted by Crippen LogP contribution is 2.14. The molecule has 72 valence electrons. The molecular weight excluding hydrogens is 194 g/mol. The first-order valence-corrected chi connectivity index (χ1v) is 4.78. The molecule has 0 saturated heterocycles. The number of hydrogen-bond donors (Lipinski definition) is 1. The number of nitrogens with zero attached hydrogens (tertiary/aromatic N) is 2. The van der Waals surface area contributed by atoms with Crippen LogP contribution in [0.4, 0.5) is 0 Å². The molecule has 2 aromatic rings. The first kappa shape index (κ1) is 9.15. The second-order valence-corrected chi connectivity index (χ2v) is 3.64. The molecule has 0 fully saturated rings. The molecule has 1 aromatic heterocycles. The van der Waals surface area contributed by atoms with E-state index in [1.165, 1.54) is 5.56 Å². The predicted octanol–water partition coefficient (Wildman–Crippen LogP) is 2.45. The number of aryl methyl sites for hydroxylation is 2. The maximum absolute atomic E-state index is 5.02. The number of rotatable bonds is 1. The standard InChI is InChI=1S/C10H11N3S/c1-7-3-5-8(6-4-7)9-11-10(14)13(2)12-9/h3-6H,1-2H3,(H,11,12,14). The third-order valence-electron chi connectivity index (χ3n) is 2.09. The molecule has 0 amide bonds. The van der Waals surface area contributed by atoms with Crippen molar-refractivity contribution in [2.24, 2.45) is 7.05 Å². The molecule has 0 bridgehead atoms. The van der Waals surface area contributed by atoms with E-state index in [4.69, 9.17) is 12.2 Å². The molecule has 0 radical (unpaired) electrons. The van der Waals surface area contributed by atoms with Gasteiger partial charge in [0.15, 0.2) is 5.82 Å². The van der Waals surface area contributed by atoms with Gasteiger partial charge in [-0.3, -0.25) is 9.78 Å². The van der Waals surface area contributed by atoms with E-state index in [1.807, 2.05) is 19.2 Å². The van der Waals surface area contributed by atoms with E-state index in [9.17, 15) is 0 Å². The fourth-order valence-corrected chi connectivity index (χ4v) is 1.38. The lowest BCUT2D eigenvalue weighted by Crippen LogP contribution is -1.89. The predicted molar refractivity (Wildman–Crippen MR) is 58.6 cm³/mol. The van der Waals surface area contributed by atoms with Gasteiger partial charge in [-0.15, -0.1) is 0 Å². The average Bonchev–Trinajstić information content (AvgIpc) is 2.48. The minimum absolute atomic E-state index is 0.570. The van der Waals surface area contributed by atoms with Crippen LogP contribution < -0.4 is 0 Å². The molecule has 0 aliphatic heterocycles. The molecule has 0 unspecified atom stereocenters. The molecule has 0 aliphatic rings. The Hall–Kier alpha value is -1.42. The Morgan fingerprint density at radius 3 is 2.43 bits per heavy atom. The van der Waals surface area contributed by atoms with Gasteiger partial charge in [-0.25, -0.2) is 0 Å². The molecule has 4 heteroatoms. The normalized spacial score (nSPS) is 10.4. The number of aromatic nitrogens is 3. The number of aromatic amines is 1. The zero-order valence-electron chi connectivity index (χ0n) is 8.11. The van der Waals surface area contributed by atoms with Crippen LogP contribution in [0.2, 0.25) is 0 Å². The van der Waals surface area contributed by atoms with Crippen molar-refractivity contribution in [1.29, 1.82) is 0 Å². The van der Waals surface area contributed by atoms with Crippen LogP contribution in [0.3, 0.4) is 0 Å². The molecule has 1 aromatic carbocycles. The van der Waals surface area contributed by atoms with Crippen molar-refractivity contribution >= 4 is 12.2 Å². The fraction of sp³-hybridized carbons (Fsp3) is 0.200. The zero-order chi connectivity index (χ0) is 10.1. The van der Waals surface area contributed by atoms with E-state index in [0.29, 0.717) is 4.77 Å². The monoisotopic (exact) mass is 205 g/mol. The third-order valence-corrected chi connectivity index (χ3v) is 2.46. The van der Waals surface area contributed by atoms with Crippen LogP contribution in [-0.2, 0) is 7.05 Å². The van der Waals surface area contributed by atoms with E-state index >= 15 is 0 Å². The van der Waals surface area contributed by atoms with E-state index < -0.39 is 0 Å². The van der Waals surface area contributed by atoms with E-state index in [2.05, 4.69) is 29.1 Å². The van der Waals surface area contributed by atoms with E-state index in [1.54, 1.807) is 4.68 Å². The van der Waals surface area contributed by atoms with Crippen molar-refractivity contribution in [3.63, 3.8) is 0 Å². The highest BCUT2D eigenvalue weighted by molar-refractivity contribution is 7.71. The first-order chi connectivity index (χ1) is 6.66.